The van der Waals surface area contributed by atoms with Crippen LogP contribution in [0.3, 0.4) is 0 Å². The summed E-state index contributed by atoms with van der Waals surface area (Å²) in [6.45, 7) is 0.342. The summed E-state index contributed by atoms with van der Waals surface area (Å²) in [5.41, 5.74) is 2.24. The van der Waals surface area contributed by atoms with Crippen molar-refractivity contribution in [2.75, 3.05) is 19.1 Å². The summed E-state index contributed by atoms with van der Waals surface area (Å²) in [5.74, 6) is 1.17. The number of fused-ring (bicyclic) bond motifs is 3. The summed E-state index contributed by atoms with van der Waals surface area (Å²) in [6, 6.07) is 4.89. The van der Waals surface area contributed by atoms with Crippen molar-refractivity contribution >= 4 is 38.8 Å². The van der Waals surface area contributed by atoms with Crippen molar-refractivity contribution in [3.8, 4) is 28.4 Å². The lowest BCUT2D eigenvalue weighted by Gasteiger charge is -2.51. The second-order valence-corrected chi connectivity index (χ2v) is 15.7. The van der Waals surface area contributed by atoms with E-state index in [1.54, 1.807) is 30.6 Å². The SMILES string of the molecule is COc1ccc(-c2noc(C34CCC(OCc5c(-c6c(Cl)cncc6Cl)noc5C5CC5)(CC3)CC4)n2)cc1C(=O)CS(C)(=O)=O. The number of methoxy groups -OCH3 is 1. The summed E-state index contributed by atoms with van der Waals surface area (Å²) in [5, 5.41) is 9.44. The van der Waals surface area contributed by atoms with Crippen molar-refractivity contribution in [1.82, 2.24) is 20.3 Å². The first-order chi connectivity index (χ1) is 22.0. The lowest BCUT2D eigenvalue weighted by molar-refractivity contribution is -0.130. The molecule has 0 spiro atoms. The Hall–Kier alpha value is -3.32. The molecule has 46 heavy (non-hydrogen) atoms. The van der Waals surface area contributed by atoms with Gasteiger partial charge in [0.05, 0.1) is 40.3 Å². The zero-order valence-corrected chi connectivity index (χ0v) is 27.7. The number of carbonyl (C=O) groups excluding carboxylic acids is 1. The third-order valence-corrected chi connectivity index (χ3v) is 10.9. The van der Waals surface area contributed by atoms with E-state index in [1.165, 1.54) is 7.11 Å². The number of aromatic nitrogens is 4. The molecule has 0 aliphatic heterocycles. The van der Waals surface area contributed by atoms with Gasteiger partial charge >= 0.3 is 0 Å². The molecule has 0 N–H and O–H groups in total. The Morgan fingerprint density at radius 2 is 1.72 bits per heavy atom. The number of ether oxygens (including phenoxy) is 2. The fourth-order valence-electron chi connectivity index (χ4n) is 6.81. The zero-order valence-electron chi connectivity index (χ0n) is 25.3. The molecule has 1 aromatic carbocycles. The fraction of sp³-hybridized carbons (Fsp3) is 0.469. The van der Waals surface area contributed by atoms with Gasteiger partial charge in [-0.3, -0.25) is 9.78 Å². The lowest BCUT2D eigenvalue weighted by atomic mass is 9.58. The molecule has 0 atom stereocenters. The maximum absolute atomic E-state index is 12.8. The Balaban J connectivity index is 1.08. The third-order valence-electron chi connectivity index (χ3n) is 9.59. The summed E-state index contributed by atoms with van der Waals surface area (Å²) >= 11 is 13.0. The van der Waals surface area contributed by atoms with Gasteiger partial charge in [-0.1, -0.05) is 33.5 Å². The van der Waals surface area contributed by atoms with E-state index in [2.05, 4.69) is 15.3 Å². The molecule has 0 radical (unpaired) electrons. The van der Waals surface area contributed by atoms with Gasteiger partial charge in [0, 0.05) is 41.3 Å². The van der Waals surface area contributed by atoms with E-state index < -0.39 is 21.4 Å². The second kappa shape index (κ2) is 11.7. The molecule has 3 heterocycles. The first kappa shape index (κ1) is 31.3. The van der Waals surface area contributed by atoms with Crippen LogP contribution in [0.2, 0.25) is 10.0 Å². The molecule has 11 nitrogen and oxygen atoms in total. The first-order valence-corrected chi connectivity index (χ1v) is 18.0. The smallest absolute Gasteiger partial charge is 0.233 e. The van der Waals surface area contributed by atoms with Gasteiger partial charge in [-0.2, -0.15) is 4.98 Å². The van der Waals surface area contributed by atoms with Gasteiger partial charge in [-0.05, 0) is 69.6 Å². The number of sulfone groups is 1. The van der Waals surface area contributed by atoms with E-state index in [0.29, 0.717) is 51.1 Å². The van der Waals surface area contributed by atoms with E-state index >= 15 is 0 Å². The van der Waals surface area contributed by atoms with Crippen LogP contribution < -0.4 is 4.74 Å². The van der Waals surface area contributed by atoms with Crippen molar-refractivity contribution in [3.63, 3.8) is 0 Å². The molecule has 0 unspecified atom stereocenters. The van der Waals surface area contributed by atoms with Gasteiger partial charge in [0.1, 0.15) is 23.0 Å². The van der Waals surface area contributed by atoms with Gasteiger partial charge in [0.15, 0.2) is 15.6 Å². The molecule has 4 aromatic rings. The minimum Gasteiger partial charge on any atom is -0.496 e. The van der Waals surface area contributed by atoms with Crippen molar-refractivity contribution in [2.45, 2.75) is 74.9 Å². The van der Waals surface area contributed by atoms with Crippen molar-refractivity contribution in [1.29, 1.82) is 0 Å². The minimum atomic E-state index is -3.52. The molecule has 4 fully saturated rings. The zero-order chi connectivity index (χ0) is 32.3. The largest absolute Gasteiger partial charge is 0.496 e. The molecule has 4 aliphatic rings. The number of pyridine rings is 1. The number of ketones is 1. The molecule has 8 rings (SSSR count). The quantitative estimate of drug-likeness (QED) is 0.154. The normalized spacial score (nSPS) is 22.7. The van der Waals surface area contributed by atoms with Crippen LogP contribution in [0, 0.1) is 0 Å². The standard InChI is InChI=1S/C32H32Cl2N4O7S/c1-42-25-6-5-19(13-20(25)24(39)17-46(2,40)41)29-36-30(45-38-29)31-7-10-32(11-8-31,12-9-31)43-16-21-27(37-44-28(21)18-3-4-18)26-22(33)14-35-15-23(26)34/h5-6,13-15,18H,3-4,7-12,16-17H2,1-2H3. The predicted octanol–water partition coefficient (Wildman–Crippen LogP) is 6.77. The van der Waals surface area contributed by atoms with Crippen LogP contribution in [0.15, 0.2) is 39.6 Å². The van der Waals surface area contributed by atoms with Gasteiger partial charge < -0.3 is 18.5 Å². The second-order valence-electron chi connectivity index (χ2n) is 12.7. The number of carbonyl (C=O) groups is 1. The average molecular weight is 688 g/mol. The molecule has 4 aliphatic carbocycles. The highest BCUT2D eigenvalue weighted by Gasteiger charge is 2.53. The van der Waals surface area contributed by atoms with Gasteiger partial charge in [0.2, 0.25) is 11.7 Å². The number of hydrogen-bond acceptors (Lipinski definition) is 11. The van der Waals surface area contributed by atoms with Crippen molar-refractivity contribution < 1.29 is 31.7 Å². The van der Waals surface area contributed by atoms with E-state index in [9.17, 15) is 13.2 Å². The predicted molar refractivity (Wildman–Crippen MR) is 169 cm³/mol. The van der Waals surface area contributed by atoms with Crippen molar-refractivity contribution in [3.05, 3.63) is 63.4 Å². The third kappa shape index (κ3) is 5.85. The first-order valence-electron chi connectivity index (χ1n) is 15.2. The summed E-state index contributed by atoms with van der Waals surface area (Å²) in [7, 11) is -2.09. The molecular formula is C32H32Cl2N4O7S. The Kier molecular flexibility index (Phi) is 7.98. The Labute approximate surface area is 275 Å². The van der Waals surface area contributed by atoms with Gasteiger partial charge in [-0.25, -0.2) is 8.42 Å². The summed E-state index contributed by atoms with van der Waals surface area (Å²) in [6.07, 6.45) is 11.2. The number of benzene rings is 1. The van der Waals surface area contributed by atoms with E-state index in [1.807, 2.05) is 0 Å². The maximum Gasteiger partial charge on any atom is 0.233 e. The van der Waals surface area contributed by atoms with E-state index in [4.69, 9.17) is 46.7 Å². The molecule has 0 amide bonds. The molecule has 3 aromatic heterocycles. The molecule has 4 saturated carbocycles. The number of nitrogens with zero attached hydrogens (tertiary/aromatic N) is 4. The highest BCUT2D eigenvalue weighted by Crippen LogP contribution is 2.55. The van der Waals surface area contributed by atoms with Crippen LogP contribution >= 0.6 is 23.2 Å². The van der Waals surface area contributed by atoms with Crippen LogP contribution in [-0.2, 0) is 26.6 Å². The highest BCUT2D eigenvalue weighted by atomic mass is 35.5. The number of halogens is 2. The van der Waals surface area contributed by atoms with Gasteiger partial charge in [0.25, 0.3) is 0 Å². The minimum absolute atomic E-state index is 0.154. The molecular weight excluding hydrogens is 655 g/mol. The fourth-order valence-corrected chi connectivity index (χ4v) is 7.99. The average Bonchev–Trinajstić information content (AvgIpc) is 3.59. The van der Waals surface area contributed by atoms with E-state index in [0.717, 1.165) is 68.9 Å². The lowest BCUT2D eigenvalue weighted by Crippen LogP contribution is -2.49. The Morgan fingerprint density at radius 3 is 2.35 bits per heavy atom. The maximum atomic E-state index is 12.8. The monoisotopic (exact) mass is 686 g/mol. The molecule has 242 valence electrons. The van der Waals surface area contributed by atoms with Crippen LogP contribution in [0.4, 0.5) is 0 Å². The Bertz CT molecular complexity index is 1890. The molecule has 14 heteroatoms. The van der Waals surface area contributed by atoms with Crippen LogP contribution in [-0.4, -0.2) is 59.2 Å². The van der Waals surface area contributed by atoms with Crippen molar-refractivity contribution in [2.24, 2.45) is 0 Å². The molecule has 0 saturated heterocycles. The van der Waals surface area contributed by atoms with Crippen LogP contribution in [0.5, 0.6) is 5.75 Å². The van der Waals surface area contributed by atoms with E-state index in [-0.39, 0.29) is 22.3 Å². The molecule has 2 bridgehead atoms. The topological polar surface area (TPSA) is 148 Å². The number of hydrogen-bond donors (Lipinski definition) is 0. The number of rotatable bonds is 11. The van der Waals surface area contributed by atoms with Gasteiger partial charge in [-0.15, -0.1) is 0 Å². The Morgan fingerprint density at radius 1 is 1.02 bits per heavy atom. The highest BCUT2D eigenvalue weighted by molar-refractivity contribution is 7.91. The number of Topliss-reactive ketones (excluding diaryl/α,β-unsaturated/α-hetero) is 1. The summed E-state index contributed by atoms with van der Waals surface area (Å²) < 4.78 is 47.2. The van der Waals surface area contributed by atoms with Crippen LogP contribution in [0.1, 0.15) is 84.9 Å². The van der Waals surface area contributed by atoms with Crippen LogP contribution in [0.25, 0.3) is 22.6 Å². The summed E-state index contributed by atoms with van der Waals surface area (Å²) in [4.78, 5) is 21.6.